The van der Waals surface area contributed by atoms with Crippen molar-refractivity contribution >= 4 is 12.1 Å². The van der Waals surface area contributed by atoms with Crippen LogP contribution in [0.2, 0.25) is 0 Å². The fraction of sp³-hybridized carbons (Fsp3) is 0.833. The van der Waals surface area contributed by atoms with Crippen molar-refractivity contribution in [3.63, 3.8) is 0 Å². The van der Waals surface area contributed by atoms with Gasteiger partial charge in [0.15, 0.2) is 0 Å². The molecule has 0 aromatic carbocycles. The van der Waals surface area contributed by atoms with Gasteiger partial charge in [-0.3, -0.25) is 10.0 Å². The molecule has 4 N–H and O–H groups in total. The molecule has 0 saturated carbocycles. The third-order valence-corrected chi connectivity index (χ3v) is 3.53. The van der Waals surface area contributed by atoms with Gasteiger partial charge in [0.05, 0.1) is 0 Å². The zero-order valence-electron chi connectivity index (χ0n) is 11.8. The van der Waals surface area contributed by atoms with E-state index in [9.17, 15) is 9.59 Å². The summed E-state index contributed by atoms with van der Waals surface area (Å²) in [6.07, 6.45) is 3.90. The molecular weight excluding hydrogens is 260 g/mol. The van der Waals surface area contributed by atoms with Gasteiger partial charge < -0.3 is 11.5 Å². The van der Waals surface area contributed by atoms with Crippen LogP contribution in [0.5, 0.6) is 0 Å². The van der Waals surface area contributed by atoms with E-state index in [1.165, 1.54) is 0 Å². The van der Waals surface area contributed by atoms with E-state index in [-0.39, 0.29) is 12.1 Å². The highest BCUT2D eigenvalue weighted by molar-refractivity contribution is 5.72. The van der Waals surface area contributed by atoms with E-state index in [0.717, 1.165) is 51.9 Å². The van der Waals surface area contributed by atoms with Crippen LogP contribution in [-0.2, 0) is 0 Å². The van der Waals surface area contributed by atoms with Crippen LogP contribution in [0.15, 0.2) is 0 Å². The highest BCUT2D eigenvalue weighted by atomic mass is 16.2. The van der Waals surface area contributed by atoms with Crippen molar-refractivity contribution in [3.05, 3.63) is 0 Å². The van der Waals surface area contributed by atoms with Gasteiger partial charge in [-0.1, -0.05) is 12.8 Å². The predicted octanol–water partition coefficient (Wildman–Crippen LogP) is -0.231. The molecule has 2 fully saturated rings. The zero-order chi connectivity index (χ0) is 14.5. The molecule has 8 heteroatoms. The zero-order valence-corrected chi connectivity index (χ0v) is 11.8. The van der Waals surface area contributed by atoms with Gasteiger partial charge in [-0.05, 0) is 12.8 Å². The molecule has 2 aliphatic rings. The smallest absolute Gasteiger partial charge is 0.329 e. The standard InChI is InChI=1S/C12H24N6O2/c13-11(19)17(15-7-8-15)5-3-1-2-4-6-18(12(14)20)16-9-10-16/h1-10H2,(H2,13,19)(H2,14,20). The number of urea groups is 2. The van der Waals surface area contributed by atoms with Crippen molar-refractivity contribution < 1.29 is 9.59 Å². The van der Waals surface area contributed by atoms with Crippen LogP contribution in [0, 0.1) is 0 Å². The van der Waals surface area contributed by atoms with E-state index in [2.05, 4.69) is 0 Å². The number of primary amides is 2. The molecule has 4 amide bonds. The summed E-state index contributed by atoms with van der Waals surface area (Å²) in [6, 6.07) is -0.743. The van der Waals surface area contributed by atoms with Gasteiger partial charge in [0.2, 0.25) is 0 Å². The lowest BCUT2D eigenvalue weighted by Crippen LogP contribution is -2.41. The quantitative estimate of drug-likeness (QED) is 0.451. The summed E-state index contributed by atoms with van der Waals surface area (Å²) < 4.78 is 0. The first kappa shape index (κ1) is 14.9. The molecule has 2 rings (SSSR count). The molecule has 0 aromatic heterocycles. The molecule has 0 spiro atoms. The Kier molecular flexibility index (Phi) is 5.02. The first-order valence-corrected chi connectivity index (χ1v) is 7.23. The predicted molar refractivity (Wildman–Crippen MR) is 74.2 cm³/mol. The lowest BCUT2D eigenvalue weighted by Gasteiger charge is -2.21. The van der Waals surface area contributed by atoms with Gasteiger partial charge in [-0.2, -0.15) is 0 Å². The molecule has 20 heavy (non-hydrogen) atoms. The number of hydrogen-bond acceptors (Lipinski definition) is 4. The lowest BCUT2D eigenvalue weighted by molar-refractivity contribution is 0.115. The van der Waals surface area contributed by atoms with Crippen molar-refractivity contribution in [2.45, 2.75) is 25.7 Å². The minimum atomic E-state index is -0.371. The SMILES string of the molecule is NC(=O)N(CCCCCCN(C(N)=O)N1CC1)N1CC1. The summed E-state index contributed by atoms with van der Waals surface area (Å²) in [7, 11) is 0. The van der Waals surface area contributed by atoms with Crippen molar-refractivity contribution in [3.8, 4) is 0 Å². The topological polar surface area (TPSA) is 98.7 Å². The molecule has 0 bridgehead atoms. The Morgan fingerprint density at radius 1 is 0.750 bits per heavy atom. The van der Waals surface area contributed by atoms with Gasteiger partial charge in [-0.25, -0.2) is 19.6 Å². The maximum atomic E-state index is 11.2. The molecule has 0 aliphatic carbocycles. The number of rotatable bonds is 9. The van der Waals surface area contributed by atoms with E-state index >= 15 is 0 Å². The second-order valence-corrected chi connectivity index (χ2v) is 5.24. The Hall–Kier alpha value is -1.54. The summed E-state index contributed by atoms with van der Waals surface area (Å²) in [5.74, 6) is 0. The van der Waals surface area contributed by atoms with Gasteiger partial charge in [-0.15, -0.1) is 0 Å². The van der Waals surface area contributed by atoms with Gasteiger partial charge in [0, 0.05) is 39.3 Å². The molecule has 0 aromatic rings. The van der Waals surface area contributed by atoms with Crippen LogP contribution in [-0.4, -0.2) is 71.4 Å². The number of unbranched alkanes of at least 4 members (excludes halogenated alkanes) is 3. The summed E-state index contributed by atoms with van der Waals surface area (Å²) in [6.45, 7) is 5.05. The van der Waals surface area contributed by atoms with E-state index in [0.29, 0.717) is 13.1 Å². The van der Waals surface area contributed by atoms with Crippen LogP contribution in [0.1, 0.15) is 25.7 Å². The number of carbonyl (C=O) groups excluding carboxylic acids is 2. The van der Waals surface area contributed by atoms with Crippen molar-refractivity contribution in [1.29, 1.82) is 0 Å². The first-order valence-electron chi connectivity index (χ1n) is 7.23. The van der Waals surface area contributed by atoms with Gasteiger partial charge in [0.1, 0.15) is 0 Å². The van der Waals surface area contributed by atoms with E-state index in [4.69, 9.17) is 11.5 Å². The summed E-state index contributed by atoms with van der Waals surface area (Å²) in [5.41, 5.74) is 10.6. The van der Waals surface area contributed by atoms with Crippen LogP contribution in [0.3, 0.4) is 0 Å². The number of carbonyl (C=O) groups is 2. The number of hydrazine groups is 2. The Morgan fingerprint density at radius 2 is 1.10 bits per heavy atom. The summed E-state index contributed by atoms with van der Waals surface area (Å²) >= 11 is 0. The van der Waals surface area contributed by atoms with Crippen molar-refractivity contribution in [1.82, 2.24) is 20.0 Å². The number of hydrogen-bond donors (Lipinski definition) is 2. The van der Waals surface area contributed by atoms with Crippen LogP contribution < -0.4 is 11.5 Å². The van der Waals surface area contributed by atoms with Crippen LogP contribution in [0.4, 0.5) is 9.59 Å². The lowest BCUT2D eigenvalue weighted by atomic mass is 10.2. The van der Waals surface area contributed by atoms with Crippen LogP contribution >= 0.6 is 0 Å². The maximum Gasteiger partial charge on any atom is 0.329 e. The second kappa shape index (κ2) is 6.76. The third-order valence-electron chi connectivity index (χ3n) is 3.53. The Bertz CT molecular complexity index is 322. The Balaban J connectivity index is 1.52. The fourth-order valence-electron chi connectivity index (χ4n) is 2.23. The molecule has 0 radical (unpaired) electrons. The largest absolute Gasteiger partial charge is 0.350 e. The minimum Gasteiger partial charge on any atom is -0.350 e. The Morgan fingerprint density at radius 3 is 1.35 bits per heavy atom. The number of nitrogens with zero attached hydrogens (tertiary/aromatic N) is 4. The third kappa shape index (κ3) is 4.53. The van der Waals surface area contributed by atoms with E-state index in [1.54, 1.807) is 10.0 Å². The normalized spacial score (nSPS) is 17.8. The summed E-state index contributed by atoms with van der Waals surface area (Å²) in [5, 5.41) is 7.12. The number of nitrogens with two attached hydrogens (primary N) is 2. The maximum absolute atomic E-state index is 11.2. The highest BCUT2D eigenvalue weighted by Gasteiger charge is 2.28. The van der Waals surface area contributed by atoms with Gasteiger partial charge in [0.25, 0.3) is 0 Å². The average Bonchev–Trinajstić information content (AvgIpc) is 3.25. The van der Waals surface area contributed by atoms with Crippen molar-refractivity contribution in [2.75, 3.05) is 39.3 Å². The average molecular weight is 284 g/mol. The van der Waals surface area contributed by atoms with E-state index in [1.807, 2.05) is 10.0 Å². The Labute approximate surface area is 119 Å². The second-order valence-electron chi connectivity index (χ2n) is 5.24. The van der Waals surface area contributed by atoms with Gasteiger partial charge >= 0.3 is 12.1 Å². The molecule has 0 unspecified atom stereocenters. The monoisotopic (exact) mass is 284 g/mol. The molecule has 2 aliphatic heterocycles. The molecule has 8 nitrogen and oxygen atoms in total. The molecular formula is C12H24N6O2. The first-order chi connectivity index (χ1) is 9.59. The molecule has 0 atom stereocenters. The van der Waals surface area contributed by atoms with Crippen LogP contribution in [0.25, 0.3) is 0 Å². The minimum absolute atomic E-state index is 0.371. The highest BCUT2D eigenvalue weighted by Crippen LogP contribution is 2.13. The van der Waals surface area contributed by atoms with Crippen molar-refractivity contribution in [2.24, 2.45) is 11.5 Å². The molecule has 114 valence electrons. The summed E-state index contributed by atoms with van der Waals surface area (Å²) in [4.78, 5) is 22.4. The molecule has 2 saturated heterocycles. The molecule has 2 heterocycles. The van der Waals surface area contributed by atoms with E-state index < -0.39 is 0 Å². The fourth-order valence-corrected chi connectivity index (χ4v) is 2.23. The number of amides is 4.